The summed E-state index contributed by atoms with van der Waals surface area (Å²) in [6, 6.07) is 8.35. The van der Waals surface area contributed by atoms with Crippen molar-refractivity contribution < 1.29 is 0 Å². The third kappa shape index (κ3) is 2.68. The van der Waals surface area contributed by atoms with Crippen molar-refractivity contribution in [2.24, 2.45) is 5.92 Å². The van der Waals surface area contributed by atoms with E-state index >= 15 is 0 Å². The molecule has 4 heteroatoms. The molecule has 1 saturated heterocycles. The second-order valence-electron chi connectivity index (χ2n) is 5.15. The van der Waals surface area contributed by atoms with Crippen molar-refractivity contribution in [3.63, 3.8) is 0 Å². The number of halogens is 1. The molecule has 0 N–H and O–H groups in total. The maximum atomic E-state index is 4.44. The van der Waals surface area contributed by atoms with Crippen LogP contribution in [0.5, 0.6) is 0 Å². The highest BCUT2D eigenvalue weighted by molar-refractivity contribution is 5.85. The van der Waals surface area contributed by atoms with Gasteiger partial charge in [-0.1, -0.05) is 19.1 Å². The highest BCUT2D eigenvalue weighted by Gasteiger charge is 2.16. The summed E-state index contributed by atoms with van der Waals surface area (Å²) in [4.78, 5) is 6.96. The zero-order valence-corrected chi connectivity index (χ0v) is 11.6. The van der Waals surface area contributed by atoms with E-state index in [-0.39, 0.29) is 12.4 Å². The number of fused-ring (bicyclic) bond motifs is 1. The van der Waals surface area contributed by atoms with Gasteiger partial charge < -0.3 is 4.57 Å². The molecular weight excluding hydrogens is 246 g/mol. The van der Waals surface area contributed by atoms with E-state index in [2.05, 4.69) is 39.6 Å². The molecule has 18 heavy (non-hydrogen) atoms. The quantitative estimate of drug-likeness (QED) is 0.832. The largest absolute Gasteiger partial charge is 0.317 e. The molecular formula is C14H20ClN3. The molecule has 1 aliphatic heterocycles. The van der Waals surface area contributed by atoms with Crippen LogP contribution in [-0.4, -0.2) is 27.5 Å². The van der Waals surface area contributed by atoms with Crippen LogP contribution in [0.1, 0.15) is 19.8 Å². The molecule has 0 amide bonds. The van der Waals surface area contributed by atoms with Crippen LogP contribution in [0.2, 0.25) is 0 Å². The van der Waals surface area contributed by atoms with Gasteiger partial charge >= 0.3 is 0 Å². The molecule has 3 nitrogen and oxygen atoms in total. The number of nitrogens with zero attached hydrogens (tertiary/aromatic N) is 3. The summed E-state index contributed by atoms with van der Waals surface area (Å²) in [5.41, 5.74) is 2.34. The molecule has 1 aromatic heterocycles. The first-order valence-corrected chi connectivity index (χ1v) is 6.45. The first-order chi connectivity index (χ1) is 8.33. The summed E-state index contributed by atoms with van der Waals surface area (Å²) >= 11 is 0. The molecule has 0 atom stereocenters. The number of imidazole rings is 1. The maximum Gasteiger partial charge on any atom is 0.0969 e. The number of hydrogen-bond donors (Lipinski definition) is 0. The van der Waals surface area contributed by atoms with Gasteiger partial charge in [0.15, 0.2) is 0 Å². The molecule has 0 radical (unpaired) electrons. The van der Waals surface area contributed by atoms with Crippen molar-refractivity contribution in [2.75, 3.05) is 13.1 Å². The first-order valence-electron chi connectivity index (χ1n) is 6.45. The van der Waals surface area contributed by atoms with Gasteiger partial charge in [0.1, 0.15) is 0 Å². The monoisotopic (exact) mass is 265 g/mol. The number of piperidine rings is 1. The number of hydrogen-bond acceptors (Lipinski definition) is 2. The normalized spacial score (nSPS) is 17.8. The summed E-state index contributed by atoms with van der Waals surface area (Å²) in [6.45, 7) is 5.76. The molecule has 0 saturated carbocycles. The van der Waals surface area contributed by atoms with Gasteiger partial charge in [-0.3, -0.25) is 4.90 Å². The van der Waals surface area contributed by atoms with Crippen molar-refractivity contribution >= 4 is 23.4 Å². The Hall–Kier alpha value is -1.06. The molecule has 1 aliphatic rings. The number of likely N-dealkylation sites (tertiary alicyclic amines) is 1. The fourth-order valence-electron chi connectivity index (χ4n) is 2.54. The van der Waals surface area contributed by atoms with Crippen LogP contribution in [0, 0.1) is 5.92 Å². The van der Waals surface area contributed by atoms with Crippen LogP contribution in [-0.2, 0) is 6.67 Å². The Morgan fingerprint density at radius 3 is 2.72 bits per heavy atom. The molecule has 2 heterocycles. The van der Waals surface area contributed by atoms with Gasteiger partial charge in [-0.05, 0) is 30.9 Å². The predicted octanol–water partition coefficient (Wildman–Crippen LogP) is 3.15. The van der Waals surface area contributed by atoms with E-state index in [9.17, 15) is 0 Å². The molecule has 2 aromatic rings. The first kappa shape index (κ1) is 13.4. The Bertz CT molecular complexity index is 500. The topological polar surface area (TPSA) is 21.1 Å². The van der Waals surface area contributed by atoms with E-state index in [0.717, 1.165) is 18.1 Å². The number of para-hydroxylation sites is 2. The van der Waals surface area contributed by atoms with Gasteiger partial charge in [-0.2, -0.15) is 0 Å². The molecule has 3 rings (SSSR count). The molecule has 1 aromatic carbocycles. The van der Waals surface area contributed by atoms with Gasteiger partial charge in [0, 0.05) is 13.1 Å². The van der Waals surface area contributed by atoms with Crippen molar-refractivity contribution in [3.05, 3.63) is 30.6 Å². The van der Waals surface area contributed by atoms with Gasteiger partial charge in [-0.25, -0.2) is 4.98 Å². The zero-order valence-electron chi connectivity index (χ0n) is 10.7. The van der Waals surface area contributed by atoms with E-state index in [1.165, 1.54) is 31.4 Å². The summed E-state index contributed by atoms with van der Waals surface area (Å²) in [5, 5.41) is 0. The molecule has 0 aliphatic carbocycles. The van der Waals surface area contributed by atoms with Crippen molar-refractivity contribution in [1.82, 2.24) is 14.5 Å². The van der Waals surface area contributed by atoms with E-state index in [1.807, 2.05) is 12.4 Å². The number of benzene rings is 1. The molecule has 0 unspecified atom stereocenters. The standard InChI is InChI=1S/C14H19N3.ClH/c1-12-6-8-16(9-7-12)11-17-10-15-13-4-2-3-5-14(13)17;/h2-5,10,12H,6-9,11H2,1H3;1H. The van der Waals surface area contributed by atoms with Gasteiger partial charge in [0.05, 0.1) is 24.0 Å². The lowest BCUT2D eigenvalue weighted by Crippen LogP contribution is -2.34. The lowest BCUT2D eigenvalue weighted by Gasteiger charge is -2.30. The van der Waals surface area contributed by atoms with E-state index in [4.69, 9.17) is 0 Å². The number of aromatic nitrogens is 2. The van der Waals surface area contributed by atoms with E-state index in [0.29, 0.717) is 0 Å². The van der Waals surface area contributed by atoms with Gasteiger partial charge in [0.2, 0.25) is 0 Å². The summed E-state index contributed by atoms with van der Waals surface area (Å²) in [6.07, 6.45) is 4.61. The Morgan fingerprint density at radius 2 is 1.94 bits per heavy atom. The highest BCUT2D eigenvalue weighted by atomic mass is 35.5. The smallest absolute Gasteiger partial charge is 0.0969 e. The summed E-state index contributed by atoms with van der Waals surface area (Å²) in [7, 11) is 0. The van der Waals surface area contributed by atoms with Crippen LogP contribution in [0.25, 0.3) is 11.0 Å². The van der Waals surface area contributed by atoms with Crippen molar-refractivity contribution in [1.29, 1.82) is 0 Å². The average Bonchev–Trinajstić information content (AvgIpc) is 2.76. The van der Waals surface area contributed by atoms with Gasteiger partial charge in [0.25, 0.3) is 0 Å². The Morgan fingerprint density at radius 1 is 1.22 bits per heavy atom. The minimum atomic E-state index is 0. The van der Waals surface area contributed by atoms with Crippen molar-refractivity contribution in [2.45, 2.75) is 26.4 Å². The third-order valence-corrected chi connectivity index (χ3v) is 3.76. The highest BCUT2D eigenvalue weighted by Crippen LogP contribution is 2.18. The SMILES string of the molecule is CC1CCN(Cn2cnc3ccccc32)CC1.Cl. The Balaban J connectivity index is 0.00000120. The Kier molecular flexibility index (Phi) is 4.25. The lowest BCUT2D eigenvalue weighted by molar-refractivity contribution is 0.156. The van der Waals surface area contributed by atoms with E-state index in [1.54, 1.807) is 0 Å². The minimum Gasteiger partial charge on any atom is -0.317 e. The average molecular weight is 266 g/mol. The van der Waals surface area contributed by atoms with Crippen LogP contribution < -0.4 is 0 Å². The van der Waals surface area contributed by atoms with E-state index < -0.39 is 0 Å². The van der Waals surface area contributed by atoms with Crippen LogP contribution >= 0.6 is 12.4 Å². The lowest BCUT2D eigenvalue weighted by atomic mass is 10.00. The second-order valence-corrected chi connectivity index (χ2v) is 5.15. The fourth-order valence-corrected chi connectivity index (χ4v) is 2.54. The Labute approximate surface area is 114 Å². The summed E-state index contributed by atoms with van der Waals surface area (Å²) < 4.78 is 2.26. The zero-order chi connectivity index (χ0) is 11.7. The van der Waals surface area contributed by atoms with Gasteiger partial charge in [-0.15, -0.1) is 12.4 Å². The molecule has 1 fully saturated rings. The summed E-state index contributed by atoms with van der Waals surface area (Å²) in [5.74, 6) is 0.894. The van der Waals surface area contributed by atoms with Crippen LogP contribution in [0.15, 0.2) is 30.6 Å². The van der Waals surface area contributed by atoms with Crippen molar-refractivity contribution in [3.8, 4) is 0 Å². The maximum absolute atomic E-state index is 4.44. The van der Waals surface area contributed by atoms with Crippen LogP contribution in [0.4, 0.5) is 0 Å². The minimum absolute atomic E-state index is 0. The number of rotatable bonds is 2. The second kappa shape index (κ2) is 5.72. The van der Waals surface area contributed by atoms with Crippen LogP contribution in [0.3, 0.4) is 0 Å². The predicted molar refractivity (Wildman–Crippen MR) is 77.0 cm³/mol. The molecule has 98 valence electrons. The molecule has 0 bridgehead atoms. The fraction of sp³-hybridized carbons (Fsp3) is 0.500. The third-order valence-electron chi connectivity index (χ3n) is 3.76. The molecule has 0 spiro atoms.